The number of hydrogen-bond acceptors (Lipinski definition) is 2. The zero-order chi connectivity index (χ0) is 14.9. The largest absolute Gasteiger partial charge is 0.481 e. The topological polar surface area (TPSA) is 55.1 Å². The fraction of sp³-hybridized carbons (Fsp3) is 0.429. The summed E-state index contributed by atoms with van der Waals surface area (Å²) in [7, 11) is 0. The van der Waals surface area contributed by atoms with E-state index in [1.54, 1.807) is 4.57 Å². The number of rotatable bonds is 5. The number of carbonyl (C=O) groups is 1. The molecule has 0 saturated carbocycles. The second-order valence-electron chi connectivity index (χ2n) is 5.18. The SMILES string of the molecule is CC(C)Cc1nc2cc(F)c(F)cc2n1CCC(=O)O. The van der Waals surface area contributed by atoms with Crippen molar-refractivity contribution in [2.24, 2.45) is 5.92 Å². The number of nitrogens with zero attached hydrogens (tertiary/aromatic N) is 2. The number of aryl methyl sites for hydroxylation is 1. The highest BCUT2D eigenvalue weighted by atomic mass is 19.2. The molecule has 2 rings (SSSR count). The van der Waals surface area contributed by atoms with E-state index in [1.165, 1.54) is 0 Å². The van der Waals surface area contributed by atoms with Gasteiger partial charge in [-0.25, -0.2) is 13.8 Å². The molecule has 1 N–H and O–H groups in total. The fourth-order valence-electron chi connectivity index (χ4n) is 2.15. The molecule has 4 nitrogen and oxygen atoms in total. The molecule has 6 heteroatoms. The zero-order valence-electron chi connectivity index (χ0n) is 11.4. The van der Waals surface area contributed by atoms with Crippen molar-refractivity contribution in [2.75, 3.05) is 0 Å². The Hall–Kier alpha value is -1.98. The lowest BCUT2D eigenvalue weighted by Crippen LogP contribution is -2.10. The molecule has 0 bridgehead atoms. The van der Waals surface area contributed by atoms with E-state index < -0.39 is 17.6 Å². The Balaban J connectivity index is 2.52. The van der Waals surface area contributed by atoms with Crippen LogP contribution in [0.3, 0.4) is 0 Å². The Morgan fingerprint density at radius 3 is 2.60 bits per heavy atom. The number of hydrogen-bond donors (Lipinski definition) is 1. The summed E-state index contributed by atoms with van der Waals surface area (Å²) in [5.74, 6) is -1.88. The van der Waals surface area contributed by atoms with Gasteiger partial charge in [0, 0.05) is 25.1 Å². The van der Waals surface area contributed by atoms with Crippen LogP contribution in [-0.4, -0.2) is 20.6 Å². The van der Waals surface area contributed by atoms with Gasteiger partial charge in [0.15, 0.2) is 11.6 Å². The highest BCUT2D eigenvalue weighted by molar-refractivity contribution is 5.76. The Kier molecular flexibility index (Phi) is 4.01. The number of imidazole rings is 1. The minimum absolute atomic E-state index is 0.0877. The first kappa shape index (κ1) is 14.4. The molecular formula is C14H16F2N2O2. The summed E-state index contributed by atoms with van der Waals surface area (Å²) in [6, 6.07) is 2.12. The van der Waals surface area contributed by atoms with Crippen molar-refractivity contribution in [3.8, 4) is 0 Å². The quantitative estimate of drug-likeness (QED) is 0.917. The Morgan fingerprint density at radius 2 is 2.00 bits per heavy atom. The lowest BCUT2D eigenvalue weighted by atomic mass is 10.1. The molecule has 0 saturated heterocycles. The molecule has 1 heterocycles. The molecular weight excluding hydrogens is 266 g/mol. The van der Waals surface area contributed by atoms with Crippen LogP contribution >= 0.6 is 0 Å². The molecule has 20 heavy (non-hydrogen) atoms. The third-order valence-electron chi connectivity index (χ3n) is 3.01. The summed E-state index contributed by atoms with van der Waals surface area (Å²) < 4.78 is 28.3. The highest BCUT2D eigenvalue weighted by Crippen LogP contribution is 2.22. The van der Waals surface area contributed by atoms with Gasteiger partial charge in [-0.15, -0.1) is 0 Å². The maximum Gasteiger partial charge on any atom is 0.305 e. The van der Waals surface area contributed by atoms with Gasteiger partial charge in [0.2, 0.25) is 0 Å². The predicted molar refractivity (Wildman–Crippen MR) is 70.4 cm³/mol. The van der Waals surface area contributed by atoms with Gasteiger partial charge in [0.25, 0.3) is 0 Å². The number of benzene rings is 1. The Bertz CT molecular complexity index is 650. The second kappa shape index (κ2) is 5.56. The third-order valence-corrected chi connectivity index (χ3v) is 3.01. The van der Waals surface area contributed by atoms with Crippen LogP contribution in [0, 0.1) is 17.6 Å². The molecule has 0 aliphatic rings. The zero-order valence-corrected chi connectivity index (χ0v) is 11.4. The molecule has 2 aromatic rings. The molecule has 0 unspecified atom stereocenters. The molecule has 0 atom stereocenters. The van der Waals surface area contributed by atoms with Gasteiger partial charge in [-0.05, 0) is 5.92 Å². The van der Waals surface area contributed by atoms with Gasteiger partial charge < -0.3 is 9.67 Å². The summed E-state index contributed by atoms with van der Waals surface area (Å²) >= 11 is 0. The van der Waals surface area contributed by atoms with E-state index in [0.29, 0.717) is 29.2 Å². The molecule has 0 aliphatic heterocycles. The highest BCUT2D eigenvalue weighted by Gasteiger charge is 2.15. The molecule has 0 amide bonds. The Morgan fingerprint density at radius 1 is 1.35 bits per heavy atom. The van der Waals surface area contributed by atoms with Crippen LogP contribution in [0.5, 0.6) is 0 Å². The van der Waals surface area contributed by atoms with Crippen molar-refractivity contribution in [2.45, 2.75) is 33.2 Å². The van der Waals surface area contributed by atoms with Crippen LogP contribution < -0.4 is 0 Å². The van der Waals surface area contributed by atoms with E-state index in [1.807, 2.05) is 13.8 Å². The van der Waals surface area contributed by atoms with Crippen LogP contribution in [-0.2, 0) is 17.8 Å². The molecule has 108 valence electrons. The van der Waals surface area contributed by atoms with E-state index in [0.717, 1.165) is 12.1 Å². The van der Waals surface area contributed by atoms with Crippen LogP contribution in [0.25, 0.3) is 11.0 Å². The average molecular weight is 282 g/mol. The maximum absolute atomic E-state index is 13.4. The normalized spacial score (nSPS) is 11.4. The number of carboxylic acids is 1. The molecule has 1 aromatic heterocycles. The summed E-state index contributed by atoms with van der Waals surface area (Å²) in [6.45, 7) is 4.20. The fourth-order valence-corrected chi connectivity index (χ4v) is 2.15. The van der Waals surface area contributed by atoms with Crippen molar-refractivity contribution >= 4 is 17.0 Å². The van der Waals surface area contributed by atoms with Gasteiger partial charge in [-0.1, -0.05) is 13.8 Å². The van der Waals surface area contributed by atoms with Crippen LogP contribution in [0.2, 0.25) is 0 Å². The Labute approximate surface area is 115 Å². The molecule has 0 fully saturated rings. The first-order valence-corrected chi connectivity index (χ1v) is 6.44. The molecule has 0 radical (unpaired) electrons. The van der Waals surface area contributed by atoms with Crippen LogP contribution in [0.15, 0.2) is 12.1 Å². The van der Waals surface area contributed by atoms with Gasteiger partial charge >= 0.3 is 5.97 Å². The van der Waals surface area contributed by atoms with E-state index in [4.69, 9.17) is 5.11 Å². The summed E-state index contributed by atoms with van der Waals surface area (Å²) in [4.78, 5) is 15.0. The summed E-state index contributed by atoms with van der Waals surface area (Å²) in [5.41, 5.74) is 0.783. The van der Waals surface area contributed by atoms with Crippen LogP contribution in [0.4, 0.5) is 8.78 Å². The number of aromatic nitrogens is 2. The minimum atomic E-state index is -0.954. The minimum Gasteiger partial charge on any atom is -0.481 e. The van der Waals surface area contributed by atoms with Crippen molar-refractivity contribution < 1.29 is 18.7 Å². The van der Waals surface area contributed by atoms with E-state index in [9.17, 15) is 13.6 Å². The third kappa shape index (κ3) is 2.95. The molecule has 1 aromatic carbocycles. The molecule has 0 aliphatic carbocycles. The maximum atomic E-state index is 13.4. The second-order valence-corrected chi connectivity index (χ2v) is 5.18. The summed E-state index contributed by atoms with van der Waals surface area (Å²) in [6.07, 6.45) is 0.535. The van der Waals surface area contributed by atoms with Crippen molar-refractivity contribution in [1.29, 1.82) is 0 Å². The standard InChI is InChI=1S/C14H16F2N2O2/c1-8(2)5-13-17-11-6-9(15)10(16)7-12(11)18(13)4-3-14(19)20/h6-8H,3-5H2,1-2H3,(H,19,20). The first-order chi connectivity index (χ1) is 9.38. The number of fused-ring (bicyclic) bond motifs is 1. The van der Waals surface area contributed by atoms with Crippen molar-refractivity contribution in [1.82, 2.24) is 9.55 Å². The van der Waals surface area contributed by atoms with Gasteiger partial charge in [-0.2, -0.15) is 0 Å². The van der Waals surface area contributed by atoms with Crippen LogP contribution in [0.1, 0.15) is 26.1 Å². The van der Waals surface area contributed by atoms with Gasteiger partial charge in [0.05, 0.1) is 17.5 Å². The lowest BCUT2D eigenvalue weighted by Gasteiger charge is -2.09. The van der Waals surface area contributed by atoms with Crippen molar-refractivity contribution in [3.05, 3.63) is 29.6 Å². The monoisotopic (exact) mass is 282 g/mol. The van der Waals surface area contributed by atoms with E-state index in [-0.39, 0.29) is 13.0 Å². The predicted octanol–water partition coefficient (Wildman–Crippen LogP) is 2.99. The molecule has 0 spiro atoms. The number of halogens is 2. The average Bonchev–Trinajstić information content (AvgIpc) is 2.63. The number of aliphatic carboxylic acids is 1. The first-order valence-electron chi connectivity index (χ1n) is 6.44. The lowest BCUT2D eigenvalue weighted by molar-refractivity contribution is -0.137. The number of carboxylic acid groups (broad SMARTS) is 1. The summed E-state index contributed by atoms with van der Waals surface area (Å²) in [5, 5.41) is 8.79. The van der Waals surface area contributed by atoms with E-state index in [2.05, 4.69) is 4.98 Å². The van der Waals surface area contributed by atoms with Gasteiger partial charge in [0.1, 0.15) is 5.82 Å². The van der Waals surface area contributed by atoms with Gasteiger partial charge in [-0.3, -0.25) is 4.79 Å². The van der Waals surface area contributed by atoms with Crippen molar-refractivity contribution in [3.63, 3.8) is 0 Å². The van der Waals surface area contributed by atoms with E-state index >= 15 is 0 Å². The smallest absolute Gasteiger partial charge is 0.305 e.